The third-order valence-electron chi connectivity index (χ3n) is 6.76. The molecule has 5 rings (SSSR count). The highest BCUT2D eigenvalue weighted by atomic mass is 35.5. The summed E-state index contributed by atoms with van der Waals surface area (Å²) >= 11 is 6.64. The molecule has 0 amide bonds. The van der Waals surface area contributed by atoms with Crippen molar-refractivity contribution in [1.29, 1.82) is 0 Å². The number of aryl methyl sites for hydroxylation is 1. The molecule has 0 saturated heterocycles. The Morgan fingerprint density at radius 3 is 2.51 bits per heavy atom. The van der Waals surface area contributed by atoms with Crippen LogP contribution in [0, 0.1) is 5.82 Å². The summed E-state index contributed by atoms with van der Waals surface area (Å²) in [5.41, 5.74) is 4.02. The molecule has 0 aliphatic carbocycles. The van der Waals surface area contributed by atoms with E-state index in [0.29, 0.717) is 51.0 Å². The van der Waals surface area contributed by atoms with Gasteiger partial charge in [-0.15, -0.1) is 0 Å². The van der Waals surface area contributed by atoms with Crippen LogP contribution in [0.4, 0.5) is 4.39 Å². The maximum Gasteiger partial charge on any atom is 0.332 e. The van der Waals surface area contributed by atoms with Gasteiger partial charge in [-0.3, -0.25) is 14.5 Å². The van der Waals surface area contributed by atoms with Crippen LogP contribution in [0.2, 0.25) is 5.02 Å². The summed E-state index contributed by atoms with van der Waals surface area (Å²) in [6.07, 6.45) is 9.57. The van der Waals surface area contributed by atoms with E-state index >= 15 is 4.39 Å². The van der Waals surface area contributed by atoms with Gasteiger partial charge in [0.1, 0.15) is 11.6 Å². The molecule has 1 aliphatic rings. The first-order chi connectivity index (χ1) is 19.0. The molecule has 0 saturated carbocycles. The van der Waals surface area contributed by atoms with Gasteiger partial charge in [0.25, 0.3) is 0 Å². The highest BCUT2D eigenvalue weighted by Gasteiger charge is 2.25. The third-order valence-corrected chi connectivity index (χ3v) is 7.07. The number of hydrogen-bond acceptors (Lipinski definition) is 4. The van der Waals surface area contributed by atoms with Crippen LogP contribution in [0.1, 0.15) is 39.8 Å². The zero-order chi connectivity index (χ0) is 28.8. The van der Waals surface area contributed by atoms with Crippen LogP contribution in [-0.4, -0.2) is 34.0 Å². The van der Waals surface area contributed by atoms with Crippen LogP contribution in [-0.2, 0) is 12.5 Å². The Morgan fingerprint density at radius 2 is 1.90 bits per heavy atom. The minimum absolute atomic E-state index is 0.179. The van der Waals surface area contributed by atoms with Crippen LogP contribution in [0.5, 0.6) is 5.75 Å². The van der Waals surface area contributed by atoms with E-state index in [-0.39, 0.29) is 11.7 Å². The van der Waals surface area contributed by atoms with Gasteiger partial charge in [-0.05, 0) is 58.8 Å². The highest BCUT2D eigenvalue weighted by Crippen LogP contribution is 2.44. The first-order valence-electron chi connectivity index (χ1n) is 13.1. The zero-order valence-electron chi connectivity index (χ0n) is 23.5. The van der Waals surface area contributed by atoms with Gasteiger partial charge in [-0.25, -0.2) is 9.18 Å². The first-order valence-corrected chi connectivity index (χ1v) is 13.0. The summed E-state index contributed by atoms with van der Waals surface area (Å²) < 4.78 is 33.4. The lowest BCUT2D eigenvalue weighted by molar-refractivity contribution is 0.417. The Bertz CT molecular complexity index is 1750. The molecule has 3 heterocycles. The van der Waals surface area contributed by atoms with Gasteiger partial charge in [0, 0.05) is 55.1 Å². The molecule has 8 heteroatoms. The second-order valence-electron chi connectivity index (χ2n) is 10.5. The summed E-state index contributed by atoms with van der Waals surface area (Å²) in [5.74, 6) is -0.0779. The van der Waals surface area contributed by atoms with Gasteiger partial charge in [-0.1, -0.05) is 44.5 Å². The lowest BCUT2D eigenvalue weighted by Gasteiger charge is -2.25. The van der Waals surface area contributed by atoms with E-state index in [1.807, 2.05) is 26.8 Å². The monoisotopic (exact) mass is 545 g/mol. The van der Waals surface area contributed by atoms with Crippen LogP contribution in [0.15, 0.2) is 70.8 Å². The molecule has 200 valence electrons. The second kappa shape index (κ2) is 10.3. The number of ether oxygens (including phenoxy) is 1. The molecule has 0 N–H and O–H groups in total. The highest BCUT2D eigenvalue weighted by molar-refractivity contribution is 6.32. The van der Waals surface area contributed by atoms with Gasteiger partial charge in [-0.2, -0.15) is 0 Å². The number of aliphatic imine (C=N–C) groups is 1. The fourth-order valence-electron chi connectivity index (χ4n) is 4.74. The smallest absolute Gasteiger partial charge is 0.332 e. The average Bonchev–Trinajstić information content (AvgIpc) is 3.25. The standard InChI is InChI=1S/C31H30ClFN4O2/c1-31(2,3)25-18-35-27(20-7-6-10-34-17-20)16-23(25)24-15-21(33)14-22(29(24)39-5)19-8-9-28(26(32)13-19)37-12-11-36(4)30(37)38/h7-9,11-18H,6,10H2,1-5H3/i16D. The van der Waals surface area contributed by atoms with Gasteiger partial charge >= 0.3 is 5.69 Å². The normalized spacial score (nSPS) is 13.8. The molecule has 6 nitrogen and oxygen atoms in total. The number of dihydropyridines is 1. The van der Waals surface area contributed by atoms with Crippen molar-refractivity contribution in [3.8, 4) is 33.7 Å². The molecule has 2 aromatic carbocycles. The summed E-state index contributed by atoms with van der Waals surface area (Å²) in [4.78, 5) is 21.5. The third kappa shape index (κ3) is 5.06. The molecular weight excluding hydrogens is 515 g/mol. The average molecular weight is 546 g/mol. The van der Waals surface area contributed by atoms with E-state index in [2.05, 4.69) is 9.98 Å². The van der Waals surface area contributed by atoms with E-state index in [1.165, 1.54) is 28.4 Å². The van der Waals surface area contributed by atoms with E-state index in [0.717, 1.165) is 17.6 Å². The minimum atomic E-state index is -0.485. The van der Waals surface area contributed by atoms with Crippen LogP contribution < -0.4 is 10.4 Å². The molecule has 0 radical (unpaired) electrons. The van der Waals surface area contributed by atoms with Crippen LogP contribution >= 0.6 is 11.6 Å². The van der Waals surface area contributed by atoms with Gasteiger partial charge < -0.3 is 9.30 Å². The van der Waals surface area contributed by atoms with Crippen molar-refractivity contribution in [2.75, 3.05) is 13.7 Å². The molecule has 0 unspecified atom stereocenters. The topological polar surface area (TPSA) is 61.4 Å². The zero-order valence-corrected chi connectivity index (χ0v) is 23.3. The molecule has 0 fully saturated rings. The number of methoxy groups -OCH3 is 1. The molecule has 1 aliphatic heterocycles. The summed E-state index contributed by atoms with van der Waals surface area (Å²) in [6.45, 7) is 6.80. The van der Waals surface area contributed by atoms with Crippen molar-refractivity contribution >= 4 is 23.4 Å². The minimum Gasteiger partial charge on any atom is -0.495 e. The summed E-state index contributed by atoms with van der Waals surface area (Å²) in [5, 5.41) is 0.324. The molecule has 39 heavy (non-hydrogen) atoms. The molecule has 0 atom stereocenters. The molecule has 4 aromatic rings. The van der Waals surface area contributed by atoms with E-state index in [9.17, 15) is 6.17 Å². The number of benzene rings is 2. The lowest BCUT2D eigenvalue weighted by Crippen LogP contribution is -2.20. The number of rotatable bonds is 5. The maximum atomic E-state index is 15.4. The predicted octanol–water partition coefficient (Wildman–Crippen LogP) is 6.86. The Kier molecular flexibility index (Phi) is 6.69. The number of aromatic nitrogens is 3. The predicted molar refractivity (Wildman–Crippen MR) is 156 cm³/mol. The quantitative estimate of drug-likeness (QED) is 0.275. The Morgan fingerprint density at radius 1 is 1.13 bits per heavy atom. The molecule has 0 bridgehead atoms. The fraction of sp³-hybridized carbons (Fsp3) is 0.258. The number of hydrogen-bond donors (Lipinski definition) is 0. The number of allylic oxidation sites excluding steroid dienone is 1. The van der Waals surface area contributed by atoms with E-state index in [4.69, 9.17) is 16.3 Å². The van der Waals surface area contributed by atoms with Crippen molar-refractivity contribution in [2.45, 2.75) is 32.6 Å². The molecular formula is C31H30ClFN4O2. The second-order valence-corrected chi connectivity index (χ2v) is 10.9. The number of halogens is 2. The number of nitrogens with zero attached hydrogens (tertiary/aromatic N) is 4. The summed E-state index contributed by atoms with van der Waals surface area (Å²) in [6, 6.07) is 8.15. The van der Waals surface area contributed by atoms with Crippen molar-refractivity contribution in [1.82, 2.24) is 14.1 Å². The Balaban J connectivity index is 1.74. The van der Waals surface area contributed by atoms with Crippen LogP contribution in [0.3, 0.4) is 0 Å². The Labute approximate surface area is 233 Å². The Hall–Kier alpha value is -3.97. The van der Waals surface area contributed by atoms with Crippen molar-refractivity contribution in [2.24, 2.45) is 12.0 Å². The van der Waals surface area contributed by atoms with E-state index < -0.39 is 11.2 Å². The number of pyridine rings is 1. The lowest BCUT2D eigenvalue weighted by atomic mass is 9.81. The van der Waals surface area contributed by atoms with Crippen molar-refractivity contribution in [3.63, 3.8) is 0 Å². The van der Waals surface area contributed by atoms with Gasteiger partial charge in [0.2, 0.25) is 0 Å². The van der Waals surface area contributed by atoms with Crippen molar-refractivity contribution < 1.29 is 10.5 Å². The summed E-state index contributed by atoms with van der Waals surface area (Å²) in [7, 11) is 3.19. The molecule has 2 aromatic heterocycles. The number of imidazole rings is 1. The largest absolute Gasteiger partial charge is 0.495 e. The van der Waals surface area contributed by atoms with E-state index in [1.54, 1.807) is 50.1 Å². The van der Waals surface area contributed by atoms with Gasteiger partial charge in [0.15, 0.2) is 0 Å². The van der Waals surface area contributed by atoms with Gasteiger partial charge in [0.05, 0.1) is 24.9 Å². The molecule has 0 spiro atoms. The SMILES string of the molecule is [2H]c1c(C2=CCCN=C2)ncc(C(C)(C)C)c1-c1cc(F)cc(-c2ccc(-n3ccn(C)c3=O)c(Cl)c2)c1OC. The first kappa shape index (κ1) is 25.3. The maximum absolute atomic E-state index is 15.4. The van der Waals surface area contributed by atoms with Crippen LogP contribution in [0.25, 0.3) is 33.5 Å². The van der Waals surface area contributed by atoms with Crippen molar-refractivity contribution in [3.05, 3.63) is 93.6 Å². The fourth-order valence-corrected chi connectivity index (χ4v) is 5.01.